The average molecular weight is 297 g/mol. The van der Waals surface area contributed by atoms with Crippen LogP contribution in [0.1, 0.15) is 5.56 Å². The van der Waals surface area contributed by atoms with Gasteiger partial charge in [0, 0.05) is 27.8 Å². The fourth-order valence-electron chi connectivity index (χ4n) is 1.68. The second-order valence-corrected chi connectivity index (χ2v) is 4.48. The van der Waals surface area contributed by atoms with Gasteiger partial charge in [0.05, 0.1) is 13.2 Å². The number of carbonyl (C=O) groups excluding carboxylic acids is 1. The summed E-state index contributed by atoms with van der Waals surface area (Å²) in [5.74, 6) is 1.29. The Morgan fingerprint density at radius 1 is 1.00 bits per heavy atom. The quantitative estimate of drug-likeness (QED) is 0.455. The molecule has 0 saturated carbocycles. The molecule has 6 heteroatoms. The van der Waals surface area contributed by atoms with Gasteiger partial charge in [0.2, 0.25) is 6.41 Å². The first-order chi connectivity index (χ1) is 10.2. The van der Waals surface area contributed by atoms with E-state index in [0.717, 1.165) is 12.0 Å². The predicted octanol–water partition coefficient (Wildman–Crippen LogP) is 1.33. The van der Waals surface area contributed by atoms with Gasteiger partial charge >= 0.3 is 0 Å². The van der Waals surface area contributed by atoms with Gasteiger partial charge in [0.25, 0.3) is 0 Å². The van der Waals surface area contributed by atoms with Crippen LogP contribution in [-0.4, -0.2) is 59.0 Å². The standard InChI is InChI=1S/C15H23NO5/c1-16(12-17)11-13-4-5-14(20-8-6-18-2)15(10-13)21-9-7-19-3/h4-5,10,12H,6-9,11H2,1-3H3. The molecule has 0 saturated heterocycles. The van der Waals surface area contributed by atoms with Gasteiger partial charge < -0.3 is 23.8 Å². The van der Waals surface area contributed by atoms with Crippen LogP contribution in [-0.2, 0) is 20.8 Å². The molecule has 0 unspecified atom stereocenters. The first kappa shape index (κ1) is 17.3. The maximum absolute atomic E-state index is 10.7. The summed E-state index contributed by atoms with van der Waals surface area (Å²) in [6, 6.07) is 5.62. The number of amides is 1. The topological polar surface area (TPSA) is 57.2 Å². The number of methoxy groups -OCH3 is 2. The van der Waals surface area contributed by atoms with Gasteiger partial charge in [-0.15, -0.1) is 0 Å². The van der Waals surface area contributed by atoms with E-state index in [9.17, 15) is 4.79 Å². The largest absolute Gasteiger partial charge is 0.487 e. The third-order valence-corrected chi connectivity index (χ3v) is 2.71. The van der Waals surface area contributed by atoms with Crippen LogP contribution < -0.4 is 9.47 Å². The predicted molar refractivity (Wildman–Crippen MR) is 78.7 cm³/mol. The Hall–Kier alpha value is -1.79. The minimum atomic E-state index is 0.435. The van der Waals surface area contributed by atoms with Crippen molar-refractivity contribution in [2.75, 3.05) is 47.7 Å². The highest BCUT2D eigenvalue weighted by Crippen LogP contribution is 2.28. The number of hydrogen-bond donors (Lipinski definition) is 0. The zero-order valence-corrected chi connectivity index (χ0v) is 12.8. The fourth-order valence-corrected chi connectivity index (χ4v) is 1.68. The Morgan fingerprint density at radius 3 is 2.19 bits per heavy atom. The number of benzene rings is 1. The summed E-state index contributed by atoms with van der Waals surface area (Å²) in [7, 11) is 4.97. The molecule has 0 fully saturated rings. The SMILES string of the molecule is COCCOc1ccc(CN(C)C=O)cc1OCCOC. The van der Waals surface area contributed by atoms with Crippen LogP contribution in [0.2, 0.25) is 0 Å². The molecule has 0 atom stereocenters. The van der Waals surface area contributed by atoms with Crippen LogP contribution >= 0.6 is 0 Å². The summed E-state index contributed by atoms with van der Waals surface area (Å²) in [6.45, 7) is 2.40. The maximum Gasteiger partial charge on any atom is 0.209 e. The summed E-state index contributed by atoms with van der Waals surface area (Å²) in [5, 5.41) is 0. The van der Waals surface area contributed by atoms with Gasteiger partial charge in [-0.3, -0.25) is 4.79 Å². The van der Waals surface area contributed by atoms with Crippen LogP contribution in [0.15, 0.2) is 18.2 Å². The van der Waals surface area contributed by atoms with E-state index >= 15 is 0 Å². The fraction of sp³-hybridized carbons (Fsp3) is 0.533. The molecule has 0 N–H and O–H groups in total. The lowest BCUT2D eigenvalue weighted by atomic mass is 10.2. The van der Waals surface area contributed by atoms with E-state index in [0.29, 0.717) is 44.5 Å². The molecule has 0 spiro atoms. The molecule has 0 aromatic heterocycles. The molecule has 1 aromatic rings. The first-order valence-corrected chi connectivity index (χ1v) is 6.73. The highest BCUT2D eigenvalue weighted by molar-refractivity contribution is 5.48. The molecular formula is C15H23NO5. The van der Waals surface area contributed by atoms with Crippen molar-refractivity contribution in [1.82, 2.24) is 4.90 Å². The van der Waals surface area contributed by atoms with E-state index in [-0.39, 0.29) is 0 Å². The van der Waals surface area contributed by atoms with Gasteiger partial charge in [0.15, 0.2) is 11.5 Å². The lowest BCUT2D eigenvalue weighted by Gasteiger charge is -2.16. The van der Waals surface area contributed by atoms with Gasteiger partial charge in [-0.25, -0.2) is 0 Å². The molecule has 1 rings (SSSR count). The second kappa shape index (κ2) is 10.0. The Morgan fingerprint density at radius 2 is 1.62 bits per heavy atom. The van der Waals surface area contributed by atoms with Crippen LogP contribution in [0.4, 0.5) is 0 Å². The molecule has 0 heterocycles. The molecule has 0 bridgehead atoms. The van der Waals surface area contributed by atoms with Crippen molar-refractivity contribution in [3.8, 4) is 11.5 Å². The van der Waals surface area contributed by atoms with Crippen LogP contribution in [0, 0.1) is 0 Å². The lowest BCUT2D eigenvalue weighted by molar-refractivity contribution is -0.117. The molecule has 1 amide bonds. The van der Waals surface area contributed by atoms with Crippen molar-refractivity contribution in [2.45, 2.75) is 6.54 Å². The smallest absolute Gasteiger partial charge is 0.209 e. The molecule has 1 aromatic carbocycles. The van der Waals surface area contributed by atoms with E-state index < -0.39 is 0 Å². The Labute approximate surface area is 125 Å². The molecule has 0 aliphatic carbocycles. The van der Waals surface area contributed by atoms with Gasteiger partial charge in [-0.1, -0.05) is 6.07 Å². The number of carbonyl (C=O) groups is 1. The van der Waals surface area contributed by atoms with Crippen LogP contribution in [0.3, 0.4) is 0 Å². The Bertz CT molecular complexity index is 425. The number of rotatable bonds is 11. The van der Waals surface area contributed by atoms with Crippen molar-refractivity contribution in [2.24, 2.45) is 0 Å². The van der Waals surface area contributed by atoms with Gasteiger partial charge in [-0.2, -0.15) is 0 Å². The van der Waals surface area contributed by atoms with E-state index in [2.05, 4.69) is 0 Å². The lowest BCUT2D eigenvalue weighted by Crippen LogP contribution is -2.15. The van der Waals surface area contributed by atoms with Gasteiger partial charge in [-0.05, 0) is 17.7 Å². The summed E-state index contributed by atoms with van der Waals surface area (Å²) in [4.78, 5) is 12.2. The zero-order valence-electron chi connectivity index (χ0n) is 12.8. The number of nitrogens with zero attached hydrogens (tertiary/aromatic N) is 1. The van der Waals surface area contributed by atoms with E-state index in [1.165, 1.54) is 0 Å². The summed E-state index contributed by atoms with van der Waals surface area (Å²) < 4.78 is 21.2. The monoisotopic (exact) mass is 297 g/mol. The summed E-state index contributed by atoms with van der Waals surface area (Å²) in [6.07, 6.45) is 0.786. The molecular weight excluding hydrogens is 274 g/mol. The first-order valence-electron chi connectivity index (χ1n) is 6.73. The zero-order chi connectivity index (χ0) is 15.5. The Balaban J connectivity index is 2.77. The van der Waals surface area contributed by atoms with Crippen LogP contribution in [0.25, 0.3) is 0 Å². The van der Waals surface area contributed by atoms with Crippen molar-refractivity contribution in [1.29, 1.82) is 0 Å². The summed E-state index contributed by atoms with van der Waals surface area (Å²) >= 11 is 0. The number of ether oxygens (including phenoxy) is 4. The van der Waals surface area contributed by atoms with E-state index in [1.807, 2.05) is 18.2 Å². The van der Waals surface area contributed by atoms with Crippen molar-refractivity contribution >= 4 is 6.41 Å². The highest BCUT2D eigenvalue weighted by atomic mass is 16.5. The summed E-state index contributed by atoms with van der Waals surface area (Å²) in [5.41, 5.74) is 0.969. The van der Waals surface area contributed by atoms with Crippen molar-refractivity contribution in [3.05, 3.63) is 23.8 Å². The molecule has 0 aliphatic rings. The third kappa shape index (κ3) is 6.46. The molecule has 6 nitrogen and oxygen atoms in total. The molecule has 0 radical (unpaired) electrons. The molecule has 21 heavy (non-hydrogen) atoms. The third-order valence-electron chi connectivity index (χ3n) is 2.71. The second-order valence-electron chi connectivity index (χ2n) is 4.48. The van der Waals surface area contributed by atoms with Crippen molar-refractivity contribution in [3.63, 3.8) is 0 Å². The highest BCUT2D eigenvalue weighted by Gasteiger charge is 2.08. The minimum absolute atomic E-state index is 0.435. The average Bonchev–Trinajstić information content (AvgIpc) is 2.49. The van der Waals surface area contributed by atoms with E-state index in [4.69, 9.17) is 18.9 Å². The van der Waals surface area contributed by atoms with Crippen LogP contribution in [0.5, 0.6) is 11.5 Å². The Kier molecular flexibility index (Phi) is 8.23. The molecule has 0 aliphatic heterocycles. The van der Waals surface area contributed by atoms with Crippen molar-refractivity contribution < 1.29 is 23.7 Å². The normalized spacial score (nSPS) is 10.2. The minimum Gasteiger partial charge on any atom is -0.487 e. The van der Waals surface area contributed by atoms with E-state index in [1.54, 1.807) is 26.2 Å². The number of hydrogen-bond acceptors (Lipinski definition) is 5. The van der Waals surface area contributed by atoms with Gasteiger partial charge in [0.1, 0.15) is 13.2 Å². The molecule has 118 valence electrons. The maximum atomic E-state index is 10.7.